The first-order chi connectivity index (χ1) is 6.91. The van der Waals surface area contributed by atoms with Crippen LogP contribution in [-0.4, -0.2) is 20.9 Å². The SMILES string of the molecule is CC(CCl)(c1cc(Cl)nnc1Cl)C(Cl)Cl. The molecule has 0 saturated heterocycles. The summed E-state index contributed by atoms with van der Waals surface area (Å²) in [7, 11) is 0. The van der Waals surface area contributed by atoms with E-state index in [9.17, 15) is 0 Å². The van der Waals surface area contributed by atoms with Gasteiger partial charge >= 0.3 is 0 Å². The van der Waals surface area contributed by atoms with E-state index in [1.165, 1.54) is 0 Å². The molecule has 0 aromatic carbocycles. The van der Waals surface area contributed by atoms with Crippen molar-refractivity contribution < 1.29 is 0 Å². The van der Waals surface area contributed by atoms with Gasteiger partial charge in [0.05, 0.1) is 0 Å². The minimum Gasteiger partial charge on any atom is -0.137 e. The summed E-state index contributed by atoms with van der Waals surface area (Å²) in [6, 6.07) is 1.57. The van der Waals surface area contributed by atoms with Crippen molar-refractivity contribution in [3.63, 3.8) is 0 Å². The highest BCUT2D eigenvalue weighted by molar-refractivity contribution is 6.46. The predicted octanol–water partition coefficient (Wildman–Crippen LogP) is 4.08. The number of nitrogens with zero attached hydrogens (tertiary/aromatic N) is 2. The third kappa shape index (κ3) is 2.80. The van der Waals surface area contributed by atoms with Gasteiger partial charge in [-0.15, -0.1) is 45.0 Å². The average Bonchev–Trinajstić information content (AvgIpc) is 2.20. The van der Waals surface area contributed by atoms with E-state index in [1.807, 2.05) is 0 Å². The van der Waals surface area contributed by atoms with Gasteiger partial charge in [0.1, 0.15) is 4.84 Å². The molecule has 0 fully saturated rings. The molecule has 0 N–H and O–H groups in total. The van der Waals surface area contributed by atoms with Crippen molar-refractivity contribution in [2.75, 3.05) is 5.88 Å². The van der Waals surface area contributed by atoms with Crippen LogP contribution in [0.5, 0.6) is 0 Å². The Morgan fingerprint density at radius 3 is 2.40 bits per heavy atom. The van der Waals surface area contributed by atoms with Crippen LogP contribution >= 0.6 is 58.0 Å². The summed E-state index contributed by atoms with van der Waals surface area (Å²) >= 11 is 29.2. The third-order valence-corrected chi connectivity index (χ3v) is 4.08. The molecule has 15 heavy (non-hydrogen) atoms. The van der Waals surface area contributed by atoms with Crippen LogP contribution in [0, 0.1) is 0 Å². The van der Waals surface area contributed by atoms with E-state index in [1.54, 1.807) is 13.0 Å². The molecule has 0 aliphatic heterocycles. The van der Waals surface area contributed by atoms with Gasteiger partial charge in [0.25, 0.3) is 0 Å². The number of rotatable bonds is 3. The van der Waals surface area contributed by atoms with Crippen LogP contribution in [-0.2, 0) is 5.41 Å². The van der Waals surface area contributed by atoms with Crippen molar-refractivity contribution >= 4 is 58.0 Å². The van der Waals surface area contributed by atoms with Crippen LogP contribution in [0.1, 0.15) is 12.5 Å². The highest BCUT2D eigenvalue weighted by atomic mass is 35.5. The normalized spacial score (nSPS) is 15.4. The fraction of sp³-hybridized carbons (Fsp3) is 0.500. The maximum atomic E-state index is 5.90. The zero-order valence-corrected chi connectivity index (χ0v) is 11.4. The van der Waals surface area contributed by atoms with Crippen molar-refractivity contribution in [3.8, 4) is 0 Å². The molecule has 0 aliphatic rings. The van der Waals surface area contributed by atoms with E-state index in [-0.39, 0.29) is 16.2 Å². The summed E-state index contributed by atoms with van der Waals surface area (Å²) in [6.45, 7) is 1.78. The predicted molar refractivity (Wildman–Crippen MR) is 65.6 cm³/mol. The average molecular weight is 308 g/mol. The van der Waals surface area contributed by atoms with Crippen LogP contribution in [0.2, 0.25) is 10.3 Å². The Kier molecular flexibility index (Phi) is 4.75. The lowest BCUT2D eigenvalue weighted by Gasteiger charge is -2.29. The molecule has 7 heteroatoms. The number of halogens is 5. The van der Waals surface area contributed by atoms with Gasteiger partial charge in [0.15, 0.2) is 10.3 Å². The molecule has 1 rings (SSSR count). The molecule has 84 valence electrons. The number of alkyl halides is 3. The summed E-state index contributed by atoms with van der Waals surface area (Å²) in [6.07, 6.45) is 0. The molecule has 0 spiro atoms. The zero-order chi connectivity index (χ0) is 11.6. The summed E-state index contributed by atoms with van der Waals surface area (Å²) in [4.78, 5) is -0.715. The van der Waals surface area contributed by atoms with E-state index in [0.29, 0.717) is 5.56 Å². The van der Waals surface area contributed by atoms with Crippen LogP contribution in [0.15, 0.2) is 6.07 Å². The van der Waals surface area contributed by atoms with Crippen molar-refractivity contribution in [1.82, 2.24) is 10.2 Å². The first-order valence-corrected chi connectivity index (χ1v) is 6.11. The maximum absolute atomic E-state index is 5.90. The van der Waals surface area contributed by atoms with Gasteiger partial charge < -0.3 is 0 Å². The van der Waals surface area contributed by atoms with Crippen molar-refractivity contribution in [1.29, 1.82) is 0 Å². The number of aromatic nitrogens is 2. The zero-order valence-electron chi connectivity index (χ0n) is 7.65. The molecule has 0 saturated carbocycles. The van der Waals surface area contributed by atoms with E-state index >= 15 is 0 Å². The van der Waals surface area contributed by atoms with Crippen LogP contribution < -0.4 is 0 Å². The molecule has 1 aromatic rings. The second-order valence-electron chi connectivity index (χ2n) is 3.22. The monoisotopic (exact) mass is 306 g/mol. The Morgan fingerprint density at radius 2 is 1.93 bits per heavy atom. The Hall–Kier alpha value is 0.530. The number of hydrogen-bond acceptors (Lipinski definition) is 2. The molecule has 0 radical (unpaired) electrons. The molecule has 2 nitrogen and oxygen atoms in total. The van der Waals surface area contributed by atoms with E-state index < -0.39 is 10.3 Å². The molecule has 1 unspecified atom stereocenters. The highest BCUT2D eigenvalue weighted by Gasteiger charge is 2.35. The van der Waals surface area contributed by atoms with Crippen LogP contribution in [0.25, 0.3) is 0 Å². The van der Waals surface area contributed by atoms with Gasteiger partial charge in [-0.2, -0.15) is 0 Å². The fourth-order valence-corrected chi connectivity index (χ4v) is 2.30. The topological polar surface area (TPSA) is 25.8 Å². The van der Waals surface area contributed by atoms with Gasteiger partial charge in [-0.3, -0.25) is 0 Å². The maximum Gasteiger partial charge on any atom is 0.155 e. The third-order valence-electron chi connectivity index (χ3n) is 2.09. The fourth-order valence-electron chi connectivity index (χ4n) is 1.00. The van der Waals surface area contributed by atoms with Gasteiger partial charge in [0, 0.05) is 16.9 Å². The second-order valence-corrected chi connectivity index (χ2v) is 5.33. The van der Waals surface area contributed by atoms with Gasteiger partial charge in [0.2, 0.25) is 0 Å². The standard InChI is InChI=1S/C8H7Cl5N2/c1-8(3-9,7(12)13)4-2-5(10)14-15-6(4)11/h2,7H,3H2,1H3. The first-order valence-electron chi connectivity index (χ1n) is 3.95. The second kappa shape index (κ2) is 5.24. The molecule has 0 amide bonds. The minimum atomic E-state index is -0.715. The molecular formula is C8H7Cl5N2. The highest BCUT2D eigenvalue weighted by Crippen LogP contribution is 2.38. The molecule has 0 bridgehead atoms. The molecule has 1 heterocycles. The lowest BCUT2D eigenvalue weighted by molar-refractivity contribution is 0.571. The lowest BCUT2D eigenvalue weighted by Crippen LogP contribution is -2.32. The quantitative estimate of drug-likeness (QED) is 0.786. The smallest absolute Gasteiger partial charge is 0.137 e. The van der Waals surface area contributed by atoms with Crippen molar-refractivity contribution in [2.24, 2.45) is 0 Å². The van der Waals surface area contributed by atoms with E-state index in [2.05, 4.69) is 10.2 Å². The summed E-state index contributed by atoms with van der Waals surface area (Å²) in [5.41, 5.74) is -0.115. The number of hydrogen-bond donors (Lipinski definition) is 0. The summed E-state index contributed by atoms with van der Waals surface area (Å²) < 4.78 is 0. The molecule has 1 atom stereocenters. The van der Waals surface area contributed by atoms with Crippen molar-refractivity contribution in [3.05, 3.63) is 21.9 Å². The lowest BCUT2D eigenvalue weighted by atomic mass is 9.88. The van der Waals surface area contributed by atoms with Crippen LogP contribution in [0.3, 0.4) is 0 Å². The Bertz CT molecular complexity index is 357. The van der Waals surface area contributed by atoms with Gasteiger partial charge in [-0.1, -0.05) is 30.1 Å². The molecule has 0 aliphatic carbocycles. The van der Waals surface area contributed by atoms with Gasteiger partial charge in [-0.05, 0) is 6.07 Å². The van der Waals surface area contributed by atoms with Crippen molar-refractivity contribution in [2.45, 2.75) is 17.2 Å². The Labute approximate surface area is 113 Å². The first kappa shape index (κ1) is 13.6. The summed E-state index contributed by atoms with van der Waals surface area (Å²) in [5, 5.41) is 7.71. The minimum absolute atomic E-state index is 0.201. The van der Waals surface area contributed by atoms with E-state index in [4.69, 9.17) is 58.0 Å². The van der Waals surface area contributed by atoms with Crippen LogP contribution in [0.4, 0.5) is 0 Å². The molecule has 1 aromatic heterocycles. The molecular weight excluding hydrogens is 301 g/mol. The van der Waals surface area contributed by atoms with E-state index in [0.717, 1.165) is 0 Å². The summed E-state index contributed by atoms with van der Waals surface area (Å²) in [5.74, 6) is 0.201. The Balaban J connectivity index is 3.29. The largest absolute Gasteiger partial charge is 0.155 e. The van der Waals surface area contributed by atoms with Gasteiger partial charge in [-0.25, -0.2) is 0 Å². The Morgan fingerprint density at radius 1 is 1.33 bits per heavy atom.